The molecule has 2 N–H and O–H groups in total. The summed E-state index contributed by atoms with van der Waals surface area (Å²) in [6.07, 6.45) is 4.64. The summed E-state index contributed by atoms with van der Waals surface area (Å²) in [6.45, 7) is 6.04. The topological polar surface area (TPSA) is 88.0 Å². The van der Waals surface area contributed by atoms with Crippen LogP contribution in [0.15, 0.2) is 29.2 Å². The Labute approximate surface area is 173 Å². The van der Waals surface area contributed by atoms with Gasteiger partial charge in [0.05, 0.1) is 31.1 Å². The van der Waals surface area contributed by atoms with E-state index in [-0.39, 0.29) is 22.6 Å². The zero-order chi connectivity index (χ0) is 21.0. The van der Waals surface area contributed by atoms with Crippen molar-refractivity contribution in [2.45, 2.75) is 50.5 Å². The molecule has 1 aliphatic carbocycles. The molecule has 0 bridgehead atoms. The van der Waals surface area contributed by atoms with Crippen molar-refractivity contribution in [2.24, 2.45) is 5.92 Å². The van der Waals surface area contributed by atoms with E-state index in [1.165, 1.54) is 42.6 Å². The molecule has 2 aliphatic rings. The molecule has 2 atom stereocenters. The molecule has 7 nitrogen and oxygen atoms in total. The Morgan fingerprint density at radius 3 is 2.31 bits per heavy atom. The predicted octanol–water partition coefficient (Wildman–Crippen LogP) is 0.473. The number of amides is 1. The van der Waals surface area contributed by atoms with Gasteiger partial charge in [-0.3, -0.25) is 9.59 Å². The first kappa shape index (κ1) is 21.9. The zero-order valence-corrected chi connectivity index (χ0v) is 18.1. The number of Topliss-reactive ketones (excluding diaryl/α,β-unsaturated/α-hetero) is 1. The Bertz CT molecular complexity index is 830. The molecule has 1 aromatic rings. The first-order valence-electron chi connectivity index (χ1n) is 10.5. The van der Waals surface area contributed by atoms with Crippen molar-refractivity contribution in [3.8, 4) is 0 Å². The first-order chi connectivity index (χ1) is 13.8. The highest BCUT2D eigenvalue weighted by atomic mass is 32.2. The van der Waals surface area contributed by atoms with E-state index in [1.807, 2.05) is 0 Å². The molecule has 1 saturated heterocycles. The largest absolute Gasteiger partial charge is 0.348 e. The minimum atomic E-state index is -3.58. The number of piperazine rings is 1. The van der Waals surface area contributed by atoms with Crippen molar-refractivity contribution in [3.05, 3.63) is 29.8 Å². The van der Waals surface area contributed by atoms with Gasteiger partial charge in [0.25, 0.3) is 5.91 Å². The Kier molecular flexibility index (Phi) is 7.08. The highest BCUT2D eigenvalue weighted by Gasteiger charge is 2.32. The van der Waals surface area contributed by atoms with Crippen LogP contribution in [0.4, 0.5) is 0 Å². The van der Waals surface area contributed by atoms with Crippen molar-refractivity contribution >= 4 is 21.7 Å². The van der Waals surface area contributed by atoms with Gasteiger partial charge >= 0.3 is 0 Å². The van der Waals surface area contributed by atoms with Gasteiger partial charge in [-0.05, 0) is 37.8 Å². The number of hydrogen-bond donors (Lipinski definition) is 2. The van der Waals surface area contributed by atoms with Crippen LogP contribution in [0.2, 0.25) is 0 Å². The van der Waals surface area contributed by atoms with Crippen LogP contribution in [-0.4, -0.2) is 63.2 Å². The molecule has 0 radical (unpaired) electrons. The molecular weight excluding hydrogens is 390 g/mol. The molecule has 29 heavy (non-hydrogen) atoms. The molecule has 0 unspecified atom stereocenters. The molecule has 160 valence electrons. The third kappa shape index (κ3) is 5.43. The molecule has 8 heteroatoms. The van der Waals surface area contributed by atoms with E-state index < -0.39 is 10.0 Å². The Hall–Kier alpha value is -1.77. The lowest BCUT2D eigenvalue weighted by Crippen LogP contribution is -3.15. The van der Waals surface area contributed by atoms with Crippen molar-refractivity contribution in [3.63, 3.8) is 0 Å². The minimum Gasteiger partial charge on any atom is -0.348 e. The van der Waals surface area contributed by atoms with Crippen LogP contribution in [0, 0.1) is 5.92 Å². The van der Waals surface area contributed by atoms with Crippen molar-refractivity contribution in [1.82, 2.24) is 9.62 Å². The van der Waals surface area contributed by atoms with E-state index in [2.05, 4.69) is 12.2 Å². The molecule has 1 heterocycles. The number of carbonyl (C=O) groups is 2. The summed E-state index contributed by atoms with van der Waals surface area (Å²) in [5, 5.41) is 3.18. The van der Waals surface area contributed by atoms with E-state index >= 15 is 0 Å². The van der Waals surface area contributed by atoms with E-state index in [9.17, 15) is 18.0 Å². The van der Waals surface area contributed by atoms with Gasteiger partial charge in [0, 0.05) is 11.6 Å². The summed E-state index contributed by atoms with van der Waals surface area (Å²) < 4.78 is 27.2. The number of nitrogens with zero attached hydrogens (tertiary/aromatic N) is 1. The fourth-order valence-corrected chi connectivity index (χ4v) is 5.69. The van der Waals surface area contributed by atoms with Crippen LogP contribution in [0.1, 0.15) is 49.9 Å². The van der Waals surface area contributed by atoms with E-state index in [0.29, 0.717) is 44.2 Å². The van der Waals surface area contributed by atoms with Crippen LogP contribution in [-0.2, 0) is 14.8 Å². The number of nitrogens with one attached hydrogen (secondary N) is 2. The van der Waals surface area contributed by atoms with Crippen molar-refractivity contribution < 1.29 is 22.9 Å². The molecule has 1 amide bonds. The Balaban J connectivity index is 1.51. The molecule has 2 fully saturated rings. The molecule has 1 saturated carbocycles. The summed E-state index contributed by atoms with van der Waals surface area (Å²) >= 11 is 0. The summed E-state index contributed by atoms with van der Waals surface area (Å²) in [5.74, 6) is 0.501. The minimum absolute atomic E-state index is 0.0647. The van der Waals surface area contributed by atoms with Gasteiger partial charge < -0.3 is 10.2 Å². The molecule has 0 spiro atoms. The number of sulfonamides is 1. The van der Waals surface area contributed by atoms with Crippen LogP contribution in [0.25, 0.3) is 0 Å². The van der Waals surface area contributed by atoms with Gasteiger partial charge in [-0.25, -0.2) is 8.42 Å². The summed E-state index contributed by atoms with van der Waals surface area (Å²) in [4.78, 5) is 25.1. The molecule has 1 aromatic carbocycles. The standard InChI is InChI=1S/C21H31N3O4S/c1-16-5-3-4-6-20(16)22-21(26)15-23-11-13-24(14-12-23)29(27,28)19-9-7-18(8-10-19)17(2)25/h7-10,16,20H,3-6,11-15H2,1-2H3,(H,22,26)/p+1/t16-,20-/m0/s1. The van der Waals surface area contributed by atoms with Gasteiger partial charge in [-0.1, -0.05) is 31.9 Å². The number of ketones is 1. The average molecular weight is 423 g/mol. The fourth-order valence-electron chi connectivity index (χ4n) is 4.25. The van der Waals surface area contributed by atoms with E-state index in [1.54, 1.807) is 12.1 Å². The Morgan fingerprint density at radius 1 is 1.10 bits per heavy atom. The maximum Gasteiger partial charge on any atom is 0.275 e. The number of benzene rings is 1. The lowest BCUT2D eigenvalue weighted by atomic mass is 9.86. The van der Waals surface area contributed by atoms with Crippen molar-refractivity contribution in [2.75, 3.05) is 32.7 Å². The highest BCUT2D eigenvalue weighted by molar-refractivity contribution is 7.89. The van der Waals surface area contributed by atoms with Crippen LogP contribution in [0.3, 0.4) is 0 Å². The monoisotopic (exact) mass is 422 g/mol. The predicted molar refractivity (Wildman–Crippen MR) is 110 cm³/mol. The summed E-state index contributed by atoms with van der Waals surface area (Å²) in [7, 11) is -3.58. The normalized spacial score (nSPS) is 24.2. The first-order valence-corrected chi connectivity index (χ1v) is 12.0. The lowest BCUT2D eigenvalue weighted by molar-refractivity contribution is -0.895. The molecule has 0 aromatic heterocycles. The van der Waals surface area contributed by atoms with Crippen LogP contribution in [0.5, 0.6) is 0 Å². The van der Waals surface area contributed by atoms with E-state index in [4.69, 9.17) is 0 Å². The second kappa shape index (κ2) is 9.36. The molecule has 3 rings (SSSR count). The zero-order valence-electron chi connectivity index (χ0n) is 17.3. The van der Waals surface area contributed by atoms with E-state index in [0.717, 1.165) is 11.3 Å². The van der Waals surface area contributed by atoms with Gasteiger partial charge in [0.2, 0.25) is 10.0 Å². The maximum absolute atomic E-state index is 12.8. The molecular formula is C21H32N3O4S+. The van der Waals surface area contributed by atoms with Crippen LogP contribution < -0.4 is 10.2 Å². The van der Waals surface area contributed by atoms with Gasteiger partial charge in [-0.2, -0.15) is 4.31 Å². The average Bonchev–Trinajstić information content (AvgIpc) is 2.70. The summed E-state index contributed by atoms with van der Waals surface area (Å²) in [5.41, 5.74) is 0.497. The number of hydrogen-bond acceptors (Lipinski definition) is 4. The quantitative estimate of drug-likeness (QED) is 0.653. The fraction of sp³-hybridized carbons (Fsp3) is 0.619. The molecule has 1 aliphatic heterocycles. The third-order valence-corrected chi connectivity index (χ3v) is 8.11. The highest BCUT2D eigenvalue weighted by Crippen LogP contribution is 2.23. The maximum atomic E-state index is 12.8. The Morgan fingerprint density at radius 2 is 1.72 bits per heavy atom. The SMILES string of the molecule is CC(=O)c1ccc(S(=O)(=O)N2CC[NH+](CC(=O)N[C@H]3CCCC[C@@H]3C)CC2)cc1. The third-order valence-electron chi connectivity index (χ3n) is 6.20. The number of carbonyl (C=O) groups excluding carboxylic acids is 2. The van der Waals surface area contributed by atoms with Crippen molar-refractivity contribution in [1.29, 1.82) is 0 Å². The number of quaternary nitrogens is 1. The second-order valence-corrected chi connectivity index (χ2v) is 10.3. The van der Waals surface area contributed by atoms with Gasteiger partial charge in [0.1, 0.15) is 0 Å². The second-order valence-electron chi connectivity index (χ2n) is 8.35. The van der Waals surface area contributed by atoms with Gasteiger partial charge in [-0.15, -0.1) is 0 Å². The van der Waals surface area contributed by atoms with Crippen LogP contribution >= 0.6 is 0 Å². The number of rotatable bonds is 6. The van der Waals surface area contributed by atoms with Gasteiger partial charge in [0.15, 0.2) is 12.3 Å². The lowest BCUT2D eigenvalue weighted by Gasteiger charge is -2.33. The summed E-state index contributed by atoms with van der Waals surface area (Å²) in [6, 6.07) is 6.35. The smallest absolute Gasteiger partial charge is 0.275 e.